The van der Waals surface area contributed by atoms with Crippen molar-refractivity contribution in [2.45, 2.75) is 26.3 Å². The van der Waals surface area contributed by atoms with E-state index in [1.54, 1.807) is 6.20 Å². The lowest BCUT2D eigenvalue weighted by Gasteiger charge is -2.01. The van der Waals surface area contributed by atoms with Crippen LogP contribution in [0, 0.1) is 0 Å². The Morgan fingerprint density at radius 2 is 2.55 bits per heavy atom. The Morgan fingerprint density at radius 1 is 1.73 bits per heavy atom. The zero-order valence-electron chi connectivity index (χ0n) is 6.66. The van der Waals surface area contributed by atoms with Crippen LogP contribution in [0.5, 0.6) is 0 Å². The van der Waals surface area contributed by atoms with Gasteiger partial charge >= 0.3 is 0 Å². The molecule has 1 aromatic heterocycles. The van der Waals surface area contributed by atoms with E-state index in [0.717, 1.165) is 24.9 Å². The smallest absolute Gasteiger partial charge is 0.125 e. The van der Waals surface area contributed by atoms with E-state index in [9.17, 15) is 4.79 Å². The van der Waals surface area contributed by atoms with Gasteiger partial charge in [-0.15, -0.1) is 0 Å². The number of nitrogens with zero attached hydrogens (tertiary/aromatic N) is 2. The number of hydrogen-bond acceptors (Lipinski definition) is 2. The van der Waals surface area contributed by atoms with Gasteiger partial charge in [-0.25, -0.2) is 0 Å². The number of hydrogen-bond donors (Lipinski definition) is 0. The van der Waals surface area contributed by atoms with Crippen LogP contribution in [-0.2, 0) is 17.8 Å². The van der Waals surface area contributed by atoms with Crippen molar-refractivity contribution < 1.29 is 4.79 Å². The molecule has 3 nitrogen and oxygen atoms in total. The third kappa shape index (κ3) is 1.90. The lowest BCUT2D eigenvalue weighted by atomic mass is 10.3. The normalized spacial score (nSPS) is 9.91. The first kappa shape index (κ1) is 7.98. The van der Waals surface area contributed by atoms with Crippen LogP contribution in [0.15, 0.2) is 12.3 Å². The molecule has 0 N–H and O–H groups in total. The first-order valence-corrected chi connectivity index (χ1v) is 3.82. The predicted molar refractivity (Wildman–Crippen MR) is 42.3 cm³/mol. The molecule has 0 radical (unpaired) electrons. The lowest BCUT2D eigenvalue weighted by molar-refractivity contribution is -0.107. The second-order valence-corrected chi connectivity index (χ2v) is 2.42. The van der Waals surface area contributed by atoms with Crippen LogP contribution in [0.3, 0.4) is 0 Å². The summed E-state index contributed by atoms with van der Waals surface area (Å²) >= 11 is 0. The third-order valence-corrected chi connectivity index (χ3v) is 1.53. The molecule has 60 valence electrons. The Bertz CT molecular complexity index is 230. The minimum Gasteiger partial charge on any atom is -0.303 e. The zero-order chi connectivity index (χ0) is 8.10. The molecule has 0 saturated carbocycles. The highest BCUT2D eigenvalue weighted by atomic mass is 16.1. The summed E-state index contributed by atoms with van der Waals surface area (Å²) in [5, 5.41) is 4.08. The molecule has 0 amide bonds. The molecule has 1 aromatic rings. The van der Waals surface area contributed by atoms with Crippen molar-refractivity contribution in [1.29, 1.82) is 0 Å². The summed E-state index contributed by atoms with van der Waals surface area (Å²) in [5.74, 6) is 0. The summed E-state index contributed by atoms with van der Waals surface area (Å²) in [5.41, 5.74) is 1.00. The van der Waals surface area contributed by atoms with Gasteiger partial charge in [0.2, 0.25) is 0 Å². The van der Waals surface area contributed by atoms with E-state index < -0.39 is 0 Å². The van der Waals surface area contributed by atoms with Crippen molar-refractivity contribution in [3.63, 3.8) is 0 Å². The van der Waals surface area contributed by atoms with Crippen LogP contribution < -0.4 is 0 Å². The van der Waals surface area contributed by atoms with Gasteiger partial charge in [-0.1, -0.05) is 6.92 Å². The molecular formula is C8H12N2O. The minimum absolute atomic E-state index is 0.472. The highest BCUT2D eigenvalue weighted by molar-refractivity contribution is 5.53. The monoisotopic (exact) mass is 152 g/mol. The van der Waals surface area contributed by atoms with Gasteiger partial charge in [-0.05, 0) is 12.5 Å². The number of aryl methyl sites for hydroxylation is 1. The number of aromatic nitrogens is 2. The van der Waals surface area contributed by atoms with Gasteiger partial charge in [0, 0.05) is 24.9 Å². The van der Waals surface area contributed by atoms with Gasteiger partial charge < -0.3 is 4.79 Å². The van der Waals surface area contributed by atoms with Gasteiger partial charge in [-0.2, -0.15) is 5.10 Å². The SMILES string of the molecule is CCCn1nccc1CC=O. The van der Waals surface area contributed by atoms with E-state index in [1.165, 1.54) is 0 Å². The Labute approximate surface area is 66.0 Å². The van der Waals surface area contributed by atoms with Crippen molar-refractivity contribution in [3.8, 4) is 0 Å². The fourth-order valence-electron chi connectivity index (χ4n) is 1.03. The molecule has 0 saturated heterocycles. The molecular weight excluding hydrogens is 140 g/mol. The third-order valence-electron chi connectivity index (χ3n) is 1.53. The molecule has 0 bridgehead atoms. The predicted octanol–water partition coefficient (Wildman–Crippen LogP) is 1.03. The molecule has 11 heavy (non-hydrogen) atoms. The van der Waals surface area contributed by atoms with Crippen LogP contribution in [0.25, 0.3) is 0 Å². The quantitative estimate of drug-likeness (QED) is 0.604. The van der Waals surface area contributed by atoms with Crippen LogP contribution in [0.2, 0.25) is 0 Å². The number of carbonyl (C=O) groups excluding carboxylic acids is 1. The zero-order valence-corrected chi connectivity index (χ0v) is 6.66. The molecule has 0 atom stereocenters. The fraction of sp³-hybridized carbons (Fsp3) is 0.500. The van der Waals surface area contributed by atoms with E-state index >= 15 is 0 Å². The second-order valence-electron chi connectivity index (χ2n) is 2.42. The topological polar surface area (TPSA) is 34.9 Å². The maximum Gasteiger partial charge on any atom is 0.125 e. The summed E-state index contributed by atoms with van der Waals surface area (Å²) in [6.07, 6.45) is 4.16. The Hall–Kier alpha value is -1.12. The molecule has 0 spiro atoms. The number of carbonyl (C=O) groups is 1. The standard InChI is InChI=1S/C8H12N2O/c1-2-6-10-8(4-7-11)3-5-9-10/h3,5,7H,2,4,6H2,1H3. The van der Waals surface area contributed by atoms with E-state index in [1.807, 2.05) is 10.7 Å². The van der Waals surface area contributed by atoms with Gasteiger partial charge in [0.25, 0.3) is 0 Å². The van der Waals surface area contributed by atoms with E-state index in [2.05, 4.69) is 12.0 Å². The van der Waals surface area contributed by atoms with Crippen molar-refractivity contribution >= 4 is 6.29 Å². The maximum atomic E-state index is 10.2. The molecule has 0 aliphatic rings. The van der Waals surface area contributed by atoms with Crippen molar-refractivity contribution in [1.82, 2.24) is 9.78 Å². The molecule has 0 fully saturated rings. The second kappa shape index (κ2) is 3.91. The minimum atomic E-state index is 0.472. The van der Waals surface area contributed by atoms with Crippen molar-refractivity contribution in [2.24, 2.45) is 0 Å². The highest BCUT2D eigenvalue weighted by Gasteiger charge is 1.98. The Kier molecular flexibility index (Phi) is 2.83. The van der Waals surface area contributed by atoms with E-state index in [4.69, 9.17) is 0 Å². The first-order chi connectivity index (χ1) is 5.38. The summed E-state index contributed by atoms with van der Waals surface area (Å²) in [6.45, 7) is 2.99. The lowest BCUT2D eigenvalue weighted by Crippen LogP contribution is -2.04. The van der Waals surface area contributed by atoms with Crippen LogP contribution >= 0.6 is 0 Å². The average Bonchev–Trinajstić information content (AvgIpc) is 2.39. The number of rotatable bonds is 4. The van der Waals surface area contributed by atoms with Gasteiger partial charge in [-0.3, -0.25) is 4.68 Å². The van der Waals surface area contributed by atoms with E-state index in [0.29, 0.717) is 6.42 Å². The van der Waals surface area contributed by atoms with Gasteiger partial charge in [0.15, 0.2) is 0 Å². The van der Waals surface area contributed by atoms with Gasteiger partial charge in [0.1, 0.15) is 6.29 Å². The highest BCUT2D eigenvalue weighted by Crippen LogP contribution is 1.99. The van der Waals surface area contributed by atoms with Crippen LogP contribution in [0.4, 0.5) is 0 Å². The molecule has 0 aliphatic heterocycles. The summed E-state index contributed by atoms with van der Waals surface area (Å²) in [4.78, 5) is 10.2. The average molecular weight is 152 g/mol. The number of aldehydes is 1. The summed E-state index contributed by atoms with van der Waals surface area (Å²) in [6, 6.07) is 1.88. The fourth-order valence-corrected chi connectivity index (χ4v) is 1.03. The van der Waals surface area contributed by atoms with Crippen molar-refractivity contribution in [2.75, 3.05) is 0 Å². The molecule has 0 unspecified atom stereocenters. The molecule has 1 heterocycles. The van der Waals surface area contributed by atoms with Crippen LogP contribution in [-0.4, -0.2) is 16.1 Å². The summed E-state index contributed by atoms with van der Waals surface area (Å²) < 4.78 is 1.87. The molecule has 0 aliphatic carbocycles. The Morgan fingerprint density at radius 3 is 3.18 bits per heavy atom. The molecule has 0 aromatic carbocycles. The van der Waals surface area contributed by atoms with Gasteiger partial charge in [0.05, 0.1) is 0 Å². The largest absolute Gasteiger partial charge is 0.303 e. The van der Waals surface area contributed by atoms with E-state index in [-0.39, 0.29) is 0 Å². The van der Waals surface area contributed by atoms with Crippen molar-refractivity contribution in [3.05, 3.63) is 18.0 Å². The first-order valence-electron chi connectivity index (χ1n) is 3.82. The Balaban J connectivity index is 2.69. The molecule has 1 rings (SSSR count). The molecule has 3 heteroatoms. The summed E-state index contributed by atoms with van der Waals surface area (Å²) in [7, 11) is 0. The maximum absolute atomic E-state index is 10.2. The van der Waals surface area contributed by atoms with Crippen LogP contribution in [0.1, 0.15) is 19.0 Å².